The minimum Gasteiger partial charge on any atom is -0.377 e. The lowest BCUT2D eigenvalue weighted by Crippen LogP contribution is -2.25. The van der Waals surface area contributed by atoms with Crippen molar-refractivity contribution < 1.29 is 0 Å². The van der Waals surface area contributed by atoms with Crippen LogP contribution in [0.15, 0.2) is 56.8 Å². The molecule has 1 aliphatic rings. The molecular formula is C23H25BrN4O. The molecule has 0 amide bonds. The third-order valence-electron chi connectivity index (χ3n) is 5.52. The maximum Gasteiger partial charge on any atom is 0.282 e. The second kappa shape index (κ2) is 8.49. The van der Waals surface area contributed by atoms with Crippen LogP contribution in [0.1, 0.15) is 49.4 Å². The monoisotopic (exact) mass is 452 g/mol. The van der Waals surface area contributed by atoms with Gasteiger partial charge in [0, 0.05) is 24.5 Å². The Bertz CT molecular complexity index is 1110. The molecule has 29 heavy (non-hydrogen) atoms. The van der Waals surface area contributed by atoms with Gasteiger partial charge >= 0.3 is 0 Å². The van der Waals surface area contributed by atoms with Crippen molar-refractivity contribution in [3.8, 4) is 0 Å². The van der Waals surface area contributed by atoms with E-state index in [0.717, 1.165) is 39.9 Å². The number of benzene rings is 2. The third-order valence-corrected chi connectivity index (χ3v) is 6.16. The number of halogens is 1. The van der Waals surface area contributed by atoms with Crippen LogP contribution in [0.4, 0.5) is 5.69 Å². The van der Waals surface area contributed by atoms with E-state index in [9.17, 15) is 4.79 Å². The first-order chi connectivity index (χ1) is 14.0. The topological polar surface area (TPSA) is 50.5 Å². The summed E-state index contributed by atoms with van der Waals surface area (Å²) >= 11 is 3.61. The number of para-hydroxylation sites is 1. The predicted octanol–water partition coefficient (Wildman–Crippen LogP) is 5.15. The van der Waals surface area contributed by atoms with Crippen molar-refractivity contribution in [1.82, 2.24) is 9.66 Å². The van der Waals surface area contributed by atoms with Crippen LogP contribution in [-0.2, 0) is 0 Å². The number of hydrogen-bond donors (Lipinski definition) is 0. The molecule has 6 heteroatoms. The number of aromatic nitrogens is 2. The highest BCUT2D eigenvalue weighted by molar-refractivity contribution is 9.10. The Morgan fingerprint density at radius 3 is 2.62 bits per heavy atom. The molecule has 2 aromatic carbocycles. The van der Waals surface area contributed by atoms with Crippen molar-refractivity contribution in [1.29, 1.82) is 0 Å². The van der Waals surface area contributed by atoms with Crippen molar-refractivity contribution in [2.45, 2.75) is 38.0 Å². The van der Waals surface area contributed by atoms with Crippen molar-refractivity contribution in [2.24, 2.45) is 5.10 Å². The van der Waals surface area contributed by atoms with Crippen LogP contribution >= 0.6 is 15.9 Å². The smallest absolute Gasteiger partial charge is 0.282 e. The molecule has 0 radical (unpaired) electrons. The predicted molar refractivity (Wildman–Crippen MR) is 123 cm³/mol. The highest BCUT2D eigenvalue weighted by Crippen LogP contribution is 2.32. The van der Waals surface area contributed by atoms with E-state index in [-0.39, 0.29) is 11.5 Å². The highest BCUT2D eigenvalue weighted by Gasteiger charge is 2.22. The second-order valence-electron chi connectivity index (χ2n) is 7.79. The maximum atomic E-state index is 13.2. The SMILES string of the molecule is CN(C)c1ccc(C=Nn2c(C3CCCCC3)nc3ccccc3c2=O)cc1Br. The normalized spacial score (nSPS) is 15.3. The largest absolute Gasteiger partial charge is 0.377 e. The number of nitrogens with zero attached hydrogens (tertiary/aromatic N) is 4. The van der Waals surface area contributed by atoms with Gasteiger partial charge in [-0.1, -0.05) is 37.5 Å². The zero-order chi connectivity index (χ0) is 20.4. The average molecular weight is 453 g/mol. The molecule has 1 fully saturated rings. The third kappa shape index (κ3) is 4.13. The van der Waals surface area contributed by atoms with Crippen molar-refractivity contribution >= 4 is 38.7 Å². The molecule has 5 nitrogen and oxygen atoms in total. The summed E-state index contributed by atoms with van der Waals surface area (Å²) in [6.45, 7) is 0. The molecule has 0 spiro atoms. The Morgan fingerprint density at radius 2 is 1.90 bits per heavy atom. The summed E-state index contributed by atoms with van der Waals surface area (Å²) in [5.41, 5.74) is 2.67. The van der Waals surface area contributed by atoms with E-state index in [1.54, 1.807) is 6.21 Å². The van der Waals surface area contributed by atoms with Gasteiger partial charge in [-0.25, -0.2) is 4.98 Å². The summed E-state index contributed by atoms with van der Waals surface area (Å²) in [6, 6.07) is 13.6. The Hall–Kier alpha value is -2.47. The van der Waals surface area contributed by atoms with Gasteiger partial charge < -0.3 is 4.90 Å². The van der Waals surface area contributed by atoms with Crippen LogP contribution in [0, 0.1) is 0 Å². The molecular weight excluding hydrogens is 428 g/mol. The van der Waals surface area contributed by atoms with Crippen molar-refractivity contribution in [2.75, 3.05) is 19.0 Å². The van der Waals surface area contributed by atoms with E-state index in [1.807, 2.05) is 61.5 Å². The molecule has 0 N–H and O–H groups in total. The molecule has 0 saturated heterocycles. The molecule has 1 heterocycles. The van der Waals surface area contributed by atoms with E-state index in [2.05, 4.69) is 21.0 Å². The quantitative estimate of drug-likeness (QED) is 0.513. The molecule has 3 aromatic rings. The van der Waals surface area contributed by atoms with E-state index < -0.39 is 0 Å². The molecule has 0 atom stereocenters. The first-order valence-corrected chi connectivity index (χ1v) is 10.9. The lowest BCUT2D eigenvalue weighted by molar-refractivity contribution is 0.416. The first kappa shape index (κ1) is 19.8. The van der Waals surface area contributed by atoms with Gasteiger partial charge in [0.25, 0.3) is 5.56 Å². The van der Waals surface area contributed by atoms with Gasteiger partial charge in [0.15, 0.2) is 0 Å². The van der Waals surface area contributed by atoms with Gasteiger partial charge in [0.2, 0.25) is 0 Å². The molecule has 1 saturated carbocycles. The number of anilines is 1. The van der Waals surface area contributed by atoms with Crippen LogP contribution in [0.25, 0.3) is 10.9 Å². The Morgan fingerprint density at radius 1 is 1.14 bits per heavy atom. The standard InChI is InChI=1S/C23H25BrN4O/c1-27(2)21-13-12-16(14-19(21)24)15-25-28-22(17-8-4-3-5-9-17)26-20-11-7-6-10-18(20)23(28)29/h6-7,10-15,17H,3-5,8-9H2,1-2H3. The van der Waals surface area contributed by atoms with Crippen LogP contribution < -0.4 is 10.5 Å². The van der Waals surface area contributed by atoms with Crippen LogP contribution in [0.3, 0.4) is 0 Å². The maximum absolute atomic E-state index is 13.2. The van der Waals surface area contributed by atoms with Gasteiger partial charge in [0.05, 0.1) is 22.8 Å². The molecule has 1 aromatic heterocycles. The summed E-state index contributed by atoms with van der Waals surface area (Å²) in [7, 11) is 4.01. The Labute approximate surface area is 179 Å². The van der Waals surface area contributed by atoms with Crippen molar-refractivity contribution in [3.63, 3.8) is 0 Å². The number of hydrogen-bond acceptors (Lipinski definition) is 4. The van der Waals surface area contributed by atoms with E-state index in [0.29, 0.717) is 5.39 Å². The highest BCUT2D eigenvalue weighted by atomic mass is 79.9. The van der Waals surface area contributed by atoms with Gasteiger partial charge in [-0.15, -0.1) is 0 Å². The van der Waals surface area contributed by atoms with Gasteiger partial charge in [-0.3, -0.25) is 4.79 Å². The summed E-state index contributed by atoms with van der Waals surface area (Å²) < 4.78 is 2.51. The lowest BCUT2D eigenvalue weighted by atomic mass is 9.88. The molecule has 1 aliphatic carbocycles. The zero-order valence-corrected chi connectivity index (χ0v) is 18.4. The molecule has 4 rings (SSSR count). The van der Waals surface area contributed by atoms with Gasteiger partial charge in [-0.05, 0) is 58.6 Å². The second-order valence-corrected chi connectivity index (χ2v) is 8.64. The fourth-order valence-electron chi connectivity index (χ4n) is 3.97. The van der Waals surface area contributed by atoms with Gasteiger partial charge in [-0.2, -0.15) is 9.78 Å². The summed E-state index contributed by atoms with van der Waals surface area (Å²) in [5.74, 6) is 1.06. The minimum absolute atomic E-state index is 0.101. The summed E-state index contributed by atoms with van der Waals surface area (Å²) in [6.07, 6.45) is 7.47. The lowest BCUT2D eigenvalue weighted by Gasteiger charge is -2.22. The van der Waals surface area contributed by atoms with Crippen LogP contribution in [0.2, 0.25) is 0 Å². The zero-order valence-electron chi connectivity index (χ0n) is 16.8. The number of rotatable bonds is 4. The Kier molecular flexibility index (Phi) is 5.81. The fourth-order valence-corrected chi connectivity index (χ4v) is 4.72. The first-order valence-electron chi connectivity index (χ1n) is 10.1. The summed E-state index contributed by atoms with van der Waals surface area (Å²) in [4.78, 5) is 20.1. The van der Waals surface area contributed by atoms with Crippen LogP contribution in [0.5, 0.6) is 0 Å². The average Bonchev–Trinajstić information content (AvgIpc) is 2.73. The van der Waals surface area contributed by atoms with Crippen molar-refractivity contribution in [3.05, 3.63) is 68.7 Å². The fraction of sp³-hybridized carbons (Fsp3) is 0.348. The summed E-state index contributed by atoms with van der Waals surface area (Å²) in [5, 5.41) is 5.20. The molecule has 0 aliphatic heterocycles. The molecule has 150 valence electrons. The van der Waals surface area contributed by atoms with E-state index in [4.69, 9.17) is 4.98 Å². The molecule has 0 bridgehead atoms. The molecule has 0 unspecified atom stereocenters. The van der Waals surface area contributed by atoms with E-state index >= 15 is 0 Å². The number of fused-ring (bicyclic) bond motifs is 1. The minimum atomic E-state index is -0.101. The van der Waals surface area contributed by atoms with Gasteiger partial charge in [0.1, 0.15) is 5.82 Å². The van der Waals surface area contributed by atoms with E-state index in [1.165, 1.54) is 23.9 Å². The Balaban J connectivity index is 1.79. The van der Waals surface area contributed by atoms with Crippen LogP contribution in [-0.4, -0.2) is 30.0 Å².